The third-order valence-corrected chi connectivity index (χ3v) is 3.99. The Morgan fingerprint density at radius 1 is 1.24 bits per heavy atom. The van der Waals surface area contributed by atoms with Crippen molar-refractivity contribution in [1.82, 2.24) is 19.8 Å². The molecule has 0 aliphatic carbocycles. The Bertz CT molecular complexity index is 767. The topological polar surface area (TPSA) is 76.5 Å². The molecule has 1 fully saturated rings. The van der Waals surface area contributed by atoms with Gasteiger partial charge in [0, 0.05) is 37.9 Å². The van der Waals surface area contributed by atoms with Gasteiger partial charge < -0.3 is 19.5 Å². The molecule has 0 saturated carbocycles. The number of hydrogen-bond acceptors (Lipinski definition) is 5. The largest absolute Gasteiger partial charge is 0.417 e. The number of halogens is 1. The molecule has 3 rings (SSSR count). The molecule has 2 aromatic rings. The number of carbonyl (C=O) groups excluding carboxylic acids is 2. The van der Waals surface area contributed by atoms with Crippen LogP contribution in [-0.2, 0) is 16.1 Å². The first-order valence-electron chi connectivity index (χ1n) is 8.03. The minimum Gasteiger partial charge on any atom is -0.375 e. The quantitative estimate of drug-likeness (QED) is 0.674. The lowest BCUT2D eigenvalue weighted by Gasteiger charge is -2.25. The Morgan fingerprint density at radius 2 is 1.92 bits per heavy atom. The number of piperazine rings is 1. The van der Waals surface area contributed by atoms with Crippen molar-refractivity contribution >= 4 is 12.1 Å². The summed E-state index contributed by atoms with van der Waals surface area (Å²) in [6.45, 7) is 4.04. The lowest BCUT2D eigenvalue weighted by molar-refractivity contribution is -0.139. The molecular weight excluding hydrogens is 327 g/mol. The number of hydrogen-bond donors (Lipinski definition) is 1. The molecule has 1 amide bonds. The first kappa shape index (κ1) is 17.1. The number of esters is 1. The van der Waals surface area contributed by atoms with Gasteiger partial charge in [-0.2, -0.15) is 0 Å². The Morgan fingerprint density at radius 3 is 2.60 bits per heavy atom. The summed E-state index contributed by atoms with van der Waals surface area (Å²) in [6.07, 6.45) is 1.06. The van der Waals surface area contributed by atoms with Crippen LogP contribution in [0, 0.1) is 12.7 Å². The van der Waals surface area contributed by atoms with Crippen LogP contribution in [0.2, 0.25) is 0 Å². The highest BCUT2D eigenvalue weighted by Gasteiger charge is 2.21. The molecule has 0 spiro atoms. The van der Waals surface area contributed by atoms with Crippen LogP contribution in [0.1, 0.15) is 5.82 Å². The zero-order chi connectivity index (χ0) is 17.8. The van der Waals surface area contributed by atoms with Crippen molar-refractivity contribution in [3.05, 3.63) is 42.1 Å². The lowest BCUT2D eigenvalue weighted by atomic mass is 10.2. The molecule has 25 heavy (non-hydrogen) atoms. The third kappa shape index (κ3) is 4.21. The number of nitrogens with zero attached hydrogens (tertiary/aromatic N) is 3. The summed E-state index contributed by atoms with van der Waals surface area (Å²) < 4.78 is 19.5. The van der Waals surface area contributed by atoms with Crippen LogP contribution < -0.4 is 5.32 Å². The summed E-state index contributed by atoms with van der Waals surface area (Å²) in [5, 5.41) is 3.12. The SMILES string of the molecule is Cc1nc(-c2ccc(F)cc2)cn1CC(=O)OC(=O)N1CCNCC1. The summed E-state index contributed by atoms with van der Waals surface area (Å²) in [4.78, 5) is 29.8. The van der Waals surface area contributed by atoms with Crippen molar-refractivity contribution in [2.75, 3.05) is 26.2 Å². The Hall–Kier alpha value is -2.74. The van der Waals surface area contributed by atoms with Gasteiger partial charge in [-0.15, -0.1) is 0 Å². The third-order valence-electron chi connectivity index (χ3n) is 3.99. The number of ether oxygens (including phenoxy) is 1. The van der Waals surface area contributed by atoms with E-state index in [2.05, 4.69) is 10.3 Å². The van der Waals surface area contributed by atoms with E-state index in [1.165, 1.54) is 17.0 Å². The highest BCUT2D eigenvalue weighted by atomic mass is 19.1. The van der Waals surface area contributed by atoms with Crippen molar-refractivity contribution < 1.29 is 18.7 Å². The molecule has 7 nitrogen and oxygen atoms in total. The molecule has 2 heterocycles. The minimum absolute atomic E-state index is 0.113. The van der Waals surface area contributed by atoms with E-state index in [9.17, 15) is 14.0 Å². The van der Waals surface area contributed by atoms with Crippen molar-refractivity contribution in [2.24, 2.45) is 0 Å². The van der Waals surface area contributed by atoms with E-state index in [4.69, 9.17) is 4.74 Å². The predicted octanol–water partition coefficient (Wildman–Crippen LogP) is 1.57. The Balaban J connectivity index is 1.63. The van der Waals surface area contributed by atoms with Gasteiger partial charge in [0.15, 0.2) is 0 Å². The maximum atomic E-state index is 13.0. The molecule has 8 heteroatoms. The van der Waals surface area contributed by atoms with Gasteiger partial charge in [-0.05, 0) is 31.2 Å². The van der Waals surface area contributed by atoms with Gasteiger partial charge in [0.05, 0.1) is 5.69 Å². The summed E-state index contributed by atoms with van der Waals surface area (Å²) in [5.41, 5.74) is 1.37. The first-order valence-corrected chi connectivity index (χ1v) is 8.03. The maximum Gasteiger partial charge on any atom is 0.417 e. The van der Waals surface area contributed by atoms with Gasteiger partial charge in [0.1, 0.15) is 18.2 Å². The molecule has 0 bridgehead atoms. The molecule has 0 radical (unpaired) electrons. The van der Waals surface area contributed by atoms with Gasteiger partial charge in [-0.3, -0.25) is 0 Å². The molecule has 1 aliphatic rings. The number of rotatable bonds is 3. The molecule has 132 valence electrons. The minimum atomic E-state index is -0.644. The smallest absolute Gasteiger partial charge is 0.375 e. The zero-order valence-corrected chi connectivity index (χ0v) is 13.9. The number of nitrogens with one attached hydrogen (secondary N) is 1. The first-order chi connectivity index (χ1) is 12.0. The fourth-order valence-electron chi connectivity index (χ4n) is 2.61. The highest BCUT2D eigenvalue weighted by molar-refractivity contribution is 5.84. The molecule has 0 atom stereocenters. The van der Waals surface area contributed by atoms with Gasteiger partial charge >= 0.3 is 12.1 Å². The lowest BCUT2D eigenvalue weighted by Crippen LogP contribution is -2.47. The summed E-state index contributed by atoms with van der Waals surface area (Å²) in [7, 11) is 0. The number of benzene rings is 1. The van der Waals surface area contributed by atoms with Gasteiger partial charge in [0.25, 0.3) is 0 Å². The molecule has 1 N–H and O–H groups in total. The van der Waals surface area contributed by atoms with Crippen LogP contribution >= 0.6 is 0 Å². The van der Waals surface area contributed by atoms with Crippen LogP contribution in [0.4, 0.5) is 9.18 Å². The van der Waals surface area contributed by atoms with Crippen LogP contribution in [-0.4, -0.2) is 52.7 Å². The second-order valence-electron chi connectivity index (χ2n) is 5.79. The average Bonchev–Trinajstić information content (AvgIpc) is 2.96. The summed E-state index contributed by atoms with van der Waals surface area (Å²) >= 11 is 0. The molecular formula is C17H19FN4O3. The van der Waals surface area contributed by atoms with E-state index < -0.39 is 12.1 Å². The average molecular weight is 346 g/mol. The predicted molar refractivity (Wildman–Crippen MR) is 88.3 cm³/mol. The Kier molecular flexibility index (Phi) is 5.08. The van der Waals surface area contributed by atoms with Crippen molar-refractivity contribution in [2.45, 2.75) is 13.5 Å². The molecule has 0 unspecified atom stereocenters. The molecule has 1 aromatic carbocycles. The normalized spacial score (nSPS) is 14.4. The second kappa shape index (κ2) is 7.43. The van der Waals surface area contributed by atoms with E-state index in [-0.39, 0.29) is 12.4 Å². The van der Waals surface area contributed by atoms with E-state index in [1.54, 1.807) is 29.8 Å². The highest BCUT2D eigenvalue weighted by Crippen LogP contribution is 2.19. The summed E-state index contributed by atoms with van der Waals surface area (Å²) in [6, 6.07) is 5.94. The van der Waals surface area contributed by atoms with E-state index >= 15 is 0 Å². The zero-order valence-electron chi connectivity index (χ0n) is 13.9. The van der Waals surface area contributed by atoms with Crippen LogP contribution in [0.25, 0.3) is 11.3 Å². The number of aromatic nitrogens is 2. The van der Waals surface area contributed by atoms with E-state index in [0.717, 1.165) is 5.56 Å². The van der Waals surface area contributed by atoms with Gasteiger partial charge in [0.2, 0.25) is 0 Å². The fourth-order valence-corrected chi connectivity index (χ4v) is 2.61. The van der Waals surface area contributed by atoms with E-state index in [1.807, 2.05) is 0 Å². The molecule has 1 saturated heterocycles. The van der Waals surface area contributed by atoms with Crippen LogP contribution in [0.3, 0.4) is 0 Å². The molecule has 1 aromatic heterocycles. The second-order valence-corrected chi connectivity index (χ2v) is 5.79. The standard InChI is InChI=1S/C17H19FN4O3/c1-12-20-15(13-2-4-14(18)5-3-13)10-22(12)11-16(23)25-17(24)21-8-6-19-7-9-21/h2-5,10,19H,6-9,11H2,1H3. The van der Waals surface area contributed by atoms with Gasteiger partial charge in [-0.25, -0.2) is 19.0 Å². The number of carbonyl (C=O) groups is 2. The van der Waals surface area contributed by atoms with E-state index in [0.29, 0.717) is 37.7 Å². The van der Waals surface area contributed by atoms with Crippen LogP contribution in [0.5, 0.6) is 0 Å². The summed E-state index contributed by atoms with van der Waals surface area (Å²) in [5.74, 6) is -0.365. The van der Waals surface area contributed by atoms with Gasteiger partial charge in [-0.1, -0.05) is 0 Å². The van der Waals surface area contributed by atoms with Crippen molar-refractivity contribution in [1.29, 1.82) is 0 Å². The molecule has 1 aliphatic heterocycles. The monoisotopic (exact) mass is 346 g/mol. The Labute approximate surface area is 144 Å². The number of imidazole rings is 1. The number of amides is 1. The fraction of sp³-hybridized carbons (Fsp3) is 0.353. The van der Waals surface area contributed by atoms with Crippen molar-refractivity contribution in [3.8, 4) is 11.3 Å². The number of aryl methyl sites for hydroxylation is 1. The van der Waals surface area contributed by atoms with Crippen LogP contribution in [0.15, 0.2) is 30.5 Å². The maximum absolute atomic E-state index is 13.0. The van der Waals surface area contributed by atoms with Crippen molar-refractivity contribution in [3.63, 3.8) is 0 Å².